The van der Waals surface area contributed by atoms with Gasteiger partial charge in [0.15, 0.2) is 0 Å². The predicted octanol–water partition coefficient (Wildman–Crippen LogP) is 0.949. The quantitative estimate of drug-likeness (QED) is 0.748. The fraction of sp³-hybridized carbons (Fsp3) is 0.600. The van der Waals surface area contributed by atoms with Crippen LogP contribution in [0.2, 0.25) is 0 Å². The van der Waals surface area contributed by atoms with Gasteiger partial charge in [-0.1, -0.05) is 0 Å². The Morgan fingerprint density at radius 1 is 1.64 bits per heavy atom. The lowest BCUT2D eigenvalue weighted by atomic mass is 10.2. The Hall–Kier alpha value is -1.16. The van der Waals surface area contributed by atoms with E-state index in [1.165, 1.54) is 12.8 Å². The molecule has 4 heteroatoms. The van der Waals surface area contributed by atoms with Crippen LogP contribution in [0, 0.1) is 6.92 Å². The first-order valence-corrected chi connectivity index (χ1v) is 5.11. The van der Waals surface area contributed by atoms with Gasteiger partial charge in [0.1, 0.15) is 5.82 Å². The highest BCUT2D eigenvalue weighted by Gasteiger charge is 2.13. The number of nitrogens with zero attached hydrogens (tertiary/aromatic N) is 2. The van der Waals surface area contributed by atoms with Gasteiger partial charge < -0.3 is 10.6 Å². The van der Waals surface area contributed by atoms with E-state index in [0.717, 1.165) is 24.5 Å². The molecule has 1 aliphatic heterocycles. The Kier molecular flexibility index (Phi) is 2.93. The SMILES string of the molecule is Cc1cnnc(NCC2CCCN2)c1. The number of hydrogen-bond acceptors (Lipinski definition) is 4. The first-order chi connectivity index (χ1) is 6.84. The van der Waals surface area contributed by atoms with Crippen LogP contribution in [-0.2, 0) is 0 Å². The molecule has 1 fully saturated rings. The molecule has 1 unspecified atom stereocenters. The highest BCUT2D eigenvalue weighted by atomic mass is 15.2. The molecule has 1 aromatic heterocycles. The molecule has 0 amide bonds. The van der Waals surface area contributed by atoms with Gasteiger partial charge in [-0.25, -0.2) is 0 Å². The second-order valence-corrected chi connectivity index (χ2v) is 3.79. The van der Waals surface area contributed by atoms with Crippen LogP contribution in [0.15, 0.2) is 12.3 Å². The van der Waals surface area contributed by atoms with E-state index in [1.807, 2.05) is 13.0 Å². The lowest BCUT2D eigenvalue weighted by Gasteiger charge is -2.11. The summed E-state index contributed by atoms with van der Waals surface area (Å²) in [5.41, 5.74) is 1.14. The van der Waals surface area contributed by atoms with Crippen molar-refractivity contribution >= 4 is 5.82 Å². The smallest absolute Gasteiger partial charge is 0.148 e. The zero-order valence-corrected chi connectivity index (χ0v) is 8.45. The molecule has 14 heavy (non-hydrogen) atoms. The molecule has 76 valence electrons. The summed E-state index contributed by atoms with van der Waals surface area (Å²) < 4.78 is 0. The van der Waals surface area contributed by atoms with Crippen LogP contribution < -0.4 is 10.6 Å². The molecule has 2 rings (SSSR count). The second-order valence-electron chi connectivity index (χ2n) is 3.79. The molecular formula is C10H16N4. The van der Waals surface area contributed by atoms with Gasteiger partial charge in [0, 0.05) is 12.6 Å². The average molecular weight is 192 g/mol. The van der Waals surface area contributed by atoms with E-state index in [1.54, 1.807) is 6.20 Å². The monoisotopic (exact) mass is 192 g/mol. The topological polar surface area (TPSA) is 49.8 Å². The van der Waals surface area contributed by atoms with Crippen molar-refractivity contribution in [1.82, 2.24) is 15.5 Å². The second kappa shape index (κ2) is 4.37. The lowest BCUT2D eigenvalue weighted by Crippen LogP contribution is -2.29. The summed E-state index contributed by atoms with van der Waals surface area (Å²) in [6.45, 7) is 4.11. The zero-order chi connectivity index (χ0) is 9.80. The Bertz CT molecular complexity index is 294. The van der Waals surface area contributed by atoms with Crippen LogP contribution in [0.4, 0.5) is 5.82 Å². The van der Waals surface area contributed by atoms with Gasteiger partial charge in [0.25, 0.3) is 0 Å². The van der Waals surface area contributed by atoms with Gasteiger partial charge in [-0.2, -0.15) is 5.10 Å². The van der Waals surface area contributed by atoms with Crippen LogP contribution in [0.25, 0.3) is 0 Å². The fourth-order valence-electron chi connectivity index (χ4n) is 1.71. The normalized spacial score (nSPS) is 21.1. The van der Waals surface area contributed by atoms with Crippen LogP contribution in [0.3, 0.4) is 0 Å². The number of nitrogens with one attached hydrogen (secondary N) is 2. The third-order valence-electron chi connectivity index (χ3n) is 2.48. The largest absolute Gasteiger partial charge is 0.367 e. The summed E-state index contributed by atoms with van der Waals surface area (Å²) in [7, 11) is 0. The zero-order valence-electron chi connectivity index (χ0n) is 8.45. The van der Waals surface area contributed by atoms with Gasteiger partial charge in [-0.3, -0.25) is 0 Å². The van der Waals surface area contributed by atoms with Crippen LogP contribution in [0.5, 0.6) is 0 Å². The van der Waals surface area contributed by atoms with Crippen LogP contribution >= 0.6 is 0 Å². The first-order valence-electron chi connectivity index (χ1n) is 5.11. The molecule has 2 N–H and O–H groups in total. The number of rotatable bonds is 3. The molecule has 1 aromatic rings. The van der Waals surface area contributed by atoms with Crippen LogP contribution in [-0.4, -0.2) is 29.3 Å². The van der Waals surface area contributed by atoms with Crippen molar-refractivity contribution in [3.05, 3.63) is 17.8 Å². The number of aromatic nitrogens is 2. The van der Waals surface area contributed by atoms with Gasteiger partial charge in [-0.05, 0) is 37.9 Å². The highest BCUT2D eigenvalue weighted by Crippen LogP contribution is 2.07. The van der Waals surface area contributed by atoms with Crippen molar-refractivity contribution in [1.29, 1.82) is 0 Å². The molecule has 1 atom stereocenters. The minimum Gasteiger partial charge on any atom is -0.367 e. The summed E-state index contributed by atoms with van der Waals surface area (Å²) in [6, 6.07) is 2.61. The molecule has 1 saturated heterocycles. The van der Waals surface area contributed by atoms with Crippen molar-refractivity contribution in [2.24, 2.45) is 0 Å². The molecule has 0 bridgehead atoms. The molecule has 0 aromatic carbocycles. The fourth-order valence-corrected chi connectivity index (χ4v) is 1.71. The van der Waals surface area contributed by atoms with E-state index in [0.29, 0.717) is 6.04 Å². The molecular weight excluding hydrogens is 176 g/mol. The molecule has 0 radical (unpaired) electrons. The molecule has 0 aliphatic carbocycles. The van der Waals surface area contributed by atoms with Gasteiger partial charge >= 0.3 is 0 Å². The lowest BCUT2D eigenvalue weighted by molar-refractivity contribution is 0.632. The summed E-state index contributed by atoms with van der Waals surface area (Å²) in [5.74, 6) is 0.874. The van der Waals surface area contributed by atoms with Crippen molar-refractivity contribution in [2.45, 2.75) is 25.8 Å². The minimum absolute atomic E-state index is 0.595. The van der Waals surface area contributed by atoms with E-state index < -0.39 is 0 Å². The van der Waals surface area contributed by atoms with E-state index in [-0.39, 0.29) is 0 Å². The Morgan fingerprint density at radius 2 is 2.57 bits per heavy atom. The number of aryl methyl sites for hydroxylation is 1. The Morgan fingerprint density at radius 3 is 3.29 bits per heavy atom. The summed E-state index contributed by atoms with van der Waals surface area (Å²) >= 11 is 0. The maximum absolute atomic E-state index is 4.01. The Balaban J connectivity index is 1.85. The first kappa shape index (κ1) is 9.40. The molecule has 0 saturated carbocycles. The maximum Gasteiger partial charge on any atom is 0.148 e. The highest BCUT2D eigenvalue weighted by molar-refractivity contribution is 5.35. The van der Waals surface area contributed by atoms with E-state index >= 15 is 0 Å². The van der Waals surface area contributed by atoms with E-state index in [9.17, 15) is 0 Å². The van der Waals surface area contributed by atoms with Gasteiger partial charge in [-0.15, -0.1) is 5.10 Å². The molecule has 1 aliphatic rings. The minimum atomic E-state index is 0.595. The van der Waals surface area contributed by atoms with Crippen LogP contribution in [0.1, 0.15) is 18.4 Å². The standard InChI is InChI=1S/C10H16N4/c1-8-5-10(14-13-6-8)12-7-9-3-2-4-11-9/h5-6,9,11H,2-4,7H2,1H3,(H,12,14). The summed E-state index contributed by atoms with van der Waals surface area (Å²) in [5, 5.41) is 14.6. The Labute approximate surface area is 84.1 Å². The van der Waals surface area contributed by atoms with Gasteiger partial charge in [0.05, 0.1) is 6.20 Å². The maximum atomic E-state index is 4.01. The molecule has 4 nitrogen and oxygen atoms in total. The van der Waals surface area contributed by atoms with Crippen molar-refractivity contribution < 1.29 is 0 Å². The van der Waals surface area contributed by atoms with Gasteiger partial charge in [0.2, 0.25) is 0 Å². The summed E-state index contributed by atoms with van der Waals surface area (Å²) in [4.78, 5) is 0. The number of hydrogen-bond donors (Lipinski definition) is 2. The average Bonchev–Trinajstić information content (AvgIpc) is 2.67. The molecule has 2 heterocycles. The van der Waals surface area contributed by atoms with Crippen molar-refractivity contribution in [3.8, 4) is 0 Å². The van der Waals surface area contributed by atoms with Crippen molar-refractivity contribution in [3.63, 3.8) is 0 Å². The summed E-state index contributed by atoms with van der Waals surface area (Å²) in [6.07, 6.45) is 4.30. The third-order valence-corrected chi connectivity index (χ3v) is 2.48. The van der Waals surface area contributed by atoms with E-state index in [4.69, 9.17) is 0 Å². The predicted molar refractivity (Wildman–Crippen MR) is 56.3 cm³/mol. The molecule has 0 spiro atoms. The number of anilines is 1. The third kappa shape index (κ3) is 2.42. The van der Waals surface area contributed by atoms with E-state index in [2.05, 4.69) is 20.8 Å². The van der Waals surface area contributed by atoms with Crippen molar-refractivity contribution in [2.75, 3.05) is 18.4 Å².